The minimum atomic E-state index is -3.16. The van der Waals surface area contributed by atoms with Crippen LogP contribution in [0.1, 0.15) is 6.92 Å². The maximum atomic E-state index is 12.1. The Morgan fingerprint density at radius 3 is 2.23 bits per heavy atom. The number of esters is 1. The van der Waals surface area contributed by atoms with Gasteiger partial charge in [0.25, 0.3) is 0 Å². The van der Waals surface area contributed by atoms with Gasteiger partial charge in [-0.1, -0.05) is 0 Å². The Morgan fingerprint density at radius 2 is 1.68 bits per heavy atom. The van der Waals surface area contributed by atoms with Crippen LogP contribution in [0.3, 0.4) is 0 Å². The predicted molar refractivity (Wildman–Crippen MR) is 92.4 cm³/mol. The van der Waals surface area contributed by atoms with Gasteiger partial charge in [-0.25, -0.2) is 4.79 Å². The second kappa shape index (κ2) is 7.86. The fourth-order valence-electron chi connectivity index (χ4n) is 4.22. The number of hydrogen-bond donors (Lipinski definition) is 9. The van der Waals surface area contributed by atoms with Crippen LogP contribution in [-0.2, 0) is 23.7 Å². The van der Waals surface area contributed by atoms with E-state index in [0.29, 0.717) is 6.26 Å². The van der Waals surface area contributed by atoms with Crippen molar-refractivity contribution in [2.24, 2.45) is 0 Å². The van der Waals surface area contributed by atoms with Crippen molar-refractivity contribution in [2.75, 3.05) is 13.7 Å². The highest BCUT2D eigenvalue weighted by molar-refractivity contribution is 5.91. The molecule has 0 aromatic carbocycles. The summed E-state index contributed by atoms with van der Waals surface area (Å²) in [5, 5.41) is 93.3. The summed E-state index contributed by atoms with van der Waals surface area (Å²) in [4.78, 5) is 12.1. The van der Waals surface area contributed by atoms with Crippen LogP contribution in [0.2, 0.25) is 0 Å². The number of fused-ring (bicyclic) bond motifs is 1. The molecule has 0 radical (unpaired) electrons. The summed E-state index contributed by atoms with van der Waals surface area (Å²) in [5.74, 6) is -1.27. The fraction of sp³-hybridized carbons (Fsp3) is 0.824. The highest BCUT2D eigenvalue weighted by Gasteiger charge is 2.81. The zero-order chi connectivity index (χ0) is 23.5. The Labute approximate surface area is 175 Å². The first-order valence-electron chi connectivity index (χ1n) is 9.24. The monoisotopic (exact) mass is 454 g/mol. The summed E-state index contributed by atoms with van der Waals surface area (Å²) < 4.78 is 20.1. The van der Waals surface area contributed by atoms with Crippen molar-refractivity contribution < 1.29 is 69.7 Å². The zero-order valence-corrected chi connectivity index (χ0v) is 16.5. The molecule has 3 rings (SSSR count). The van der Waals surface area contributed by atoms with E-state index in [0.717, 1.165) is 14.0 Å². The number of ether oxygens (including phenoxy) is 4. The van der Waals surface area contributed by atoms with E-state index in [2.05, 4.69) is 4.74 Å². The zero-order valence-electron chi connectivity index (χ0n) is 16.5. The van der Waals surface area contributed by atoms with E-state index in [1.807, 2.05) is 0 Å². The molecule has 14 nitrogen and oxygen atoms in total. The number of aliphatic hydroxyl groups is 9. The lowest BCUT2D eigenvalue weighted by Gasteiger charge is -2.51. The van der Waals surface area contributed by atoms with Gasteiger partial charge in [0, 0.05) is 0 Å². The standard InChI is InChI=1S/C17H26O14/c1-15(25)10(22)11(23)16(26)5(12(24)28-2)4-29-14(17(15,16)27)31-13-9(21)8(20)7(19)6(3-18)30-13/h4,6-11,13-14,18-23,25-27H,3H2,1-2H3/t6-,7-,8+,9-,10-,11-,13+,14+,15+,16-,17+/m1/s1. The van der Waals surface area contributed by atoms with Crippen molar-refractivity contribution in [3.8, 4) is 0 Å². The summed E-state index contributed by atoms with van der Waals surface area (Å²) in [7, 11) is 0.929. The maximum Gasteiger partial charge on any atom is 0.340 e. The van der Waals surface area contributed by atoms with Crippen LogP contribution in [0.4, 0.5) is 0 Å². The van der Waals surface area contributed by atoms with Gasteiger partial charge in [0.2, 0.25) is 6.29 Å². The second-order valence-corrected chi connectivity index (χ2v) is 7.89. The molecule has 9 N–H and O–H groups in total. The second-order valence-electron chi connectivity index (χ2n) is 7.89. The fourth-order valence-corrected chi connectivity index (χ4v) is 4.22. The molecule has 0 spiro atoms. The van der Waals surface area contributed by atoms with E-state index >= 15 is 0 Å². The normalized spacial score (nSPS) is 52.2. The SMILES string of the molecule is COC(=O)C1=CO[C@@H](O[C@@H]2O[C@H](CO)[C@@H](O)[C@H](O)[C@H]2O)[C@]2(O)[C@@](C)(O)[C@H](O)[C@@H](O)[C@]12O. The molecule has 2 aliphatic heterocycles. The Balaban J connectivity index is 2.04. The lowest BCUT2D eigenvalue weighted by molar-refractivity contribution is -0.384. The lowest BCUT2D eigenvalue weighted by atomic mass is 9.72. The van der Waals surface area contributed by atoms with Gasteiger partial charge in [-0.05, 0) is 6.92 Å². The quantitative estimate of drug-likeness (QED) is 0.180. The third kappa shape index (κ3) is 3.03. The van der Waals surface area contributed by atoms with E-state index < -0.39 is 84.2 Å². The molecular weight excluding hydrogens is 428 g/mol. The van der Waals surface area contributed by atoms with Crippen LogP contribution in [0, 0.1) is 0 Å². The Hall–Kier alpha value is -1.43. The maximum absolute atomic E-state index is 12.1. The number of hydrogen-bond acceptors (Lipinski definition) is 14. The number of rotatable bonds is 4. The molecule has 3 aliphatic rings. The van der Waals surface area contributed by atoms with Gasteiger partial charge in [-0.15, -0.1) is 0 Å². The van der Waals surface area contributed by atoms with Crippen molar-refractivity contribution in [2.45, 2.75) is 72.9 Å². The van der Waals surface area contributed by atoms with Crippen LogP contribution in [-0.4, -0.2) is 132 Å². The first kappa shape index (κ1) is 24.2. The van der Waals surface area contributed by atoms with Crippen molar-refractivity contribution >= 4 is 5.97 Å². The van der Waals surface area contributed by atoms with Gasteiger partial charge >= 0.3 is 5.97 Å². The minimum Gasteiger partial charge on any atom is -0.468 e. The third-order valence-electron chi connectivity index (χ3n) is 6.23. The van der Waals surface area contributed by atoms with E-state index in [1.54, 1.807) is 0 Å². The van der Waals surface area contributed by atoms with E-state index in [1.165, 1.54) is 0 Å². The first-order valence-corrected chi connectivity index (χ1v) is 9.24. The summed E-state index contributed by atoms with van der Waals surface area (Å²) in [6.07, 6.45) is -15.0. The Bertz CT molecular complexity index is 738. The largest absolute Gasteiger partial charge is 0.468 e. The van der Waals surface area contributed by atoms with Gasteiger partial charge in [0.15, 0.2) is 17.5 Å². The van der Waals surface area contributed by atoms with Crippen molar-refractivity contribution in [1.29, 1.82) is 0 Å². The molecule has 14 heteroatoms. The molecule has 11 atom stereocenters. The smallest absolute Gasteiger partial charge is 0.340 e. The number of aliphatic hydroxyl groups excluding tert-OH is 6. The molecular formula is C17H26O14. The van der Waals surface area contributed by atoms with E-state index in [9.17, 15) is 50.8 Å². The topological polar surface area (TPSA) is 236 Å². The molecule has 2 fully saturated rings. The molecule has 0 bridgehead atoms. The number of carbonyl (C=O) groups is 1. The molecule has 0 aromatic rings. The molecule has 2 heterocycles. The predicted octanol–water partition coefficient (Wildman–Crippen LogP) is -5.84. The van der Waals surface area contributed by atoms with E-state index in [4.69, 9.17) is 14.2 Å². The summed E-state index contributed by atoms with van der Waals surface area (Å²) >= 11 is 0. The Kier molecular flexibility index (Phi) is 6.14. The van der Waals surface area contributed by atoms with Gasteiger partial charge in [-0.3, -0.25) is 0 Å². The highest BCUT2D eigenvalue weighted by Crippen LogP contribution is 2.55. The van der Waals surface area contributed by atoms with Crippen LogP contribution >= 0.6 is 0 Å². The van der Waals surface area contributed by atoms with Crippen molar-refractivity contribution in [3.05, 3.63) is 11.8 Å². The molecule has 0 unspecified atom stereocenters. The van der Waals surface area contributed by atoms with Gasteiger partial charge in [0.1, 0.15) is 54.1 Å². The van der Waals surface area contributed by atoms with Crippen molar-refractivity contribution in [3.63, 3.8) is 0 Å². The molecule has 1 saturated carbocycles. The van der Waals surface area contributed by atoms with Gasteiger partial charge in [-0.2, -0.15) is 0 Å². The van der Waals surface area contributed by atoms with Crippen LogP contribution in [0.25, 0.3) is 0 Å². The summed E-state index contributed by atoms with van der Waals surface area (Å²) in [6, 6.07) is 0. The molecule has 1 aliphatic carbocycles. The van der Waals surface area contributed by atoms with Crippen LogP contribution in [0.5, 0.6) is 0 Å². The number of methoxy groups -OCH3 is 1. The first-order chi connectivity index (χ1) is 14.3. The average molecular weight is 454 g/mol. The summed E-state index contributed by atoms with van der Waals surface area (Å²) in [6.45, 7) is 0.0259. The molecule has 0 amide bonds. The number of carbonyl (C=O) groups excluding carboxylic acids is 1. The summed E-state index contributed by atoms with van der Waals surface area (Å²) in [5.41, 5.74) is -9.86. The highest BCUT2D eigenvalue weighted by atomic mass is 16.8. The van der Waals surface area contributed by atoms with Gasteiger partial charge < -0.3 is 64.9 Å². The van der Waals surface area contributed by atoms with Crippen LogP contribution < -0.4 is 0 Å². The minimum absolute atomic E-state index is 0.562. The molecule has 31 heavy (non-hydrogen) atoms. The molecule has 0 aromatic heterocycles. The molecule has 1 saturated heterocycles. The third-order valence-corrected chi connectivity index (χ3v) is 6.23. The molecule has 178 valence electrons. The Morgan fingerprint density at radius 1 is 1.06 bits per heavy atom. The van der Waals surface area contributed by atoms with E-state index in [-0.39, 0.29) is 0 Å². The van der Waals surface area contributed by atoms with Crippen molar-refractivity contribution in [1.82, 2.24) is 0 Å². The average Bonchev–Trinajstić information content (AvgIpc) is 2.84. The van der Waals surface area contributed by atoms with Crippen LogP contribution in [0.15, 0.2) is 11.8 Å². The lowest BCUT2D eigenvalue weighted by Crippen LogP contribution is -2.74. The van der Waals surface area contributed by atoms with Gasteiger partial charge in [0.05, 0.1) is 13.7 Å².